The molecule has 1 atom stereocenters. The van der Waals surface area contributed by atoms with Crippen LogP contribution in [0.1, 0.15) is 11.6 Å². The molecular weight excluding hydrogens is 270 g/mol. The second-order valence-corrected chi connectivity index (χ2v) is 4.77. The summed E-state index contributed by atoms with van der Waals surface area (Å²) in [6, 6.07) is 5.61. The molecule has 1 N–H and O–H groups in total. The minimum atomic E-state index is -0.359. The third-order valence-corrected chi connectivity index (χ3v) is 3.67. The maximum absolute atomic E-state index is 9.60. The van der Waals surface area contributed by atoms with E-state index in [1.54, 1.807) is 27.4 Å². The summed E-state index contributed by atoms with van der Waals surface area (Å²) in [6.07, 6.45) is 0. The predicted molar refractivity (Wildman–Crippen MR) is 78.9 cm³/mol. The largest absolute Gasteiger partial charge is 0.496 e. The van der Waals surface area contributed by atoms with Crippen molar-refractivity contribution in [3.8, 4) is 23.3 Å². The number of methoxy groups -OCH3 is 3. The molecule has 1 fully saturated rings. The molecule has 0 saturated carbocycles. The summed E-state index contributed by atoms with van der Waals surface area (Å²) in [7, 11) is 4.76. The second-order valence-electron chi connectivity index (χ2n) is 4.77. The molecule has 6 nitrogen and oxygen atoms in total. The zero-order valence-corrected chi connectivity index (χ0v) is 12.7. The maximum Gasteiger partial charge on any atom is 0.164 e. The lowest BCUT2D eigenvalue weighted by molar-refractivity contribution is 0.204. The van der Waals surface area contributed by atoms with Crippen molar-refractivity contribution in [2.45, 2.75) is 6.04 Å². The van der Waals surface area contributed by atoms with Gasteiger partial charge in [0.05, 0.1) is 27.4 Å². The molecular formula is C15H21N3O3. The molecule has 1 aliphatic heterocycles. The number of piperazine rings is 1. The van der Waals surface area contributed by atoms with Gasteiger partial charge in [0.25, 0.3) is 0 Å². The van der Waals surface area contributed by atoms with Crippen molar-refractivity contribution in [3.05, 3.63) is 17.7 Å². The summed E-state index contributed by atoms with van der Waals surface area (Å²) in [5.41, 5.74) is 0.805. The van der Waals surface area contributed by atoms with Gasteiger partial charge in [-0.2, -0.15) is 5.26 Å². The summed E-state index contributed by atoms with van der Waals surface area (Å²) in [6.45, 7) is 3.42. The molecule has 1 aromatic rings. The highest BCUT2D eigenvalue weighted by Crippen LogP contribution is 2.39. The van der Waals surface area contributed by atoms with E-state index in [2.05, 4.69) is 16.3 Å². The summed E-state index contributed by atoms with van der Waals surface area (Å²) in [4.78, 5) is 2.14. The minimum Gasteiger partial charge on any atom is -0.496 e. The lowest BCUT2D eigenvalue weighted by Crippen LogP contribution is -2.44. The topological polar surface area (TPSA) is 66.8 Å². The molecule has 1 aromatic carbocycles. The fourth-order valence-corrected chi connectivity index (χ4v) is 2.55. The highest BCUT2D eigenvalue weighted by molar-refractivity contribution is 5.53. The molecule has 0 radical (unpaired) electrons. The zero-order chi connectivity index (χ0) is 15.2. The third kappa shape index (κ3) is 3.20. The fraction of sp³-hybridized carbons (Fsp3) is 0.533. The Hall–Kier alpha value is -1.97. The van der Waals surface area contributed by atoms with Gasteiger partial charge in [0.15, 0.2) is 11.5 Å². The van der Waals surface area contributed by atoms with Crippen LogP contribution in [-0.2, 0) is 0 Å². The van der Waals surface area contributed by atoms with Crippen molar-refractivity contribution in [1.82, 2.24) is 10.2 Å². The molecule has 0 aliphatic carbocycles. The average Bonchev–Trinajstić information content (AvgIpc) is 2.56. The monoisotopic (exact) mass is 291 g/mol. The smallest absolute Gasteiger partial charge is 0.164 e. The van der Waals surface area contributed by atoms with Crippen LogP contribution in [-0.4, -0.2) is 52.4 Å². The van der Waals surface area contributed by atoms with Crippen LogP contribution in [0.4, 0.5) is 0 Å². The van der Waals surface area contributed by atoms with Gasteiger partial charge in [-0.1, -0.05) is 0 Å². The number of ether oxygens (including phenoxy) is 3. The van der Waals surface area contributed by atoms with Crippen LogP contribution < -0.4 is 19.5 Å². The molecule has 2 rings (SSSR count). The molecule has 0 aromatic heterocycles. The van der Waals surface area contributed by atoms with E-state index >= 15 is 0 Å². The van der Waals surface area contributed by atoms with Gasteiger partial charge in [-0.05, 0) is 6.07 Å². The van der Waals surface area contributed by atoms with Gasteiger partial charge >= 0.3 is 0 Å². The van der Waals surface area contributed by atoms with Gasteiger partial charge in [-0.3, -0.25) is 4.90 Å². The molecule has 0 spiro atoms. The van der Waals surface area contributed by atoms with Crippen LogP contribution in [0, 0.1) is 11.3 Å². The number of hydrogen-bond acceptors (Lipinski definition) is 6. The van der Waals surface area contributed by atoms with E-state index in [1.807, 2.05) is 6.07 Å². The Labute approximate surface area is 125 Å². The Balaban J connectivity index is 2.41. The van der Waals surface area contributed by atoms with E-state index in [4.69, 9.17) is 14.2 Å². The molecule has 0 bridgehead atoms. The Bertz CT molecular complexity index is 522. The summed E-state index contributed by atoms with van der Waals surface area (Å²) in [5.74, 6) is 1.83. The number of hydrogen-bond donors (Lipinski definition) is 1. The van der Waals surface area contributed by atoms with E-state index in [1.165, 1.54) is 0 Å². The Kier molecular flexibility index (Phi) is 5.26. The summed E-state index contributed by atoms with van der Waals surface area (Å²) < 4.78 is 16.1. The lowest BCUT2D eigenvalue weighted by Gasteiger charge is -2.32. The number of benzene rings is 1. The van der Waals surface area contributed by atoms with Crippen molar-refractivity contribution in [2.24, 2.45) is 0 Å². The highest BCUT2D eigenvalue weighted by atomic mass is 16.5. The normalized spacial score (nSPS) is 16.9. The summed E-state index contributed by atoms with van der Waals surface area (Å²) in [5, 5.41) is 12.9. The third-order valence-electron chi connectivity index (χ3n) is 3.67. The van der Waals surface area contributed by atoms with E-state index in [9.17, 15) is 5.26 Å². The number of nitrogens with one attached hydrogen (secondary N) is 1. The Morgan fingerprint density at radius 1 is 1.05 bits per heavy atom. The second kappa shape index (κ2) is 7.16. The SMILES string of the molecule is COc1cc(OC)c(C(C#N)N2CCNCC2)cc1OC. The number of nitrogens with zero attached hydrogens (tertiary/aromatic N) is 2. The number of nitriles is 1. The molecule has 6 heteroatoms. The molecule has 0 amide bonds. The van der Waals surface area contributed by atoms with Crippen LogP contribution in [0.3, 0.4) is 0 Å². The molecule has 1 unspecified atom stereocenters. The van der Waals surface area contributed by atoms with Gasteiger partial charge in [0.2, 0.25) is 0 Å². The van der Waals surface area contributed by atoms with Crippen LogP contribution in [0.5, 0.6) is 17.2 Å². The first kappa shape index (κ1) is 15.4. The van der Waals surface area contributed by atoms with Crippen molar-refractivity contribution in [1.29, 1.82) is 5.26 Å². The van der Waals surface area contributed by atoms with Crippen LogP contribution in [0.25, 0.3) is 0 Å². The Morgan fingerprint density at radius 2 is 1.62 bits per heavy atom. The van der Waals surface area contributed by atoms with Gasteiger partial charge in [-0.25, -0.2) is 0 Å². The average molecular weight is 291 g/mol. The van der Waals surface area contributed by atoms with Crippen molar-refractivity contribution >= 4 is 0 Å². The first-order valence-corrected chi connectivity index (χ1v) is 6.89. The molecule has 1 heterocycles. The highest BCUT2D eigenvalue weighted by Gasteiger charge is 2.26. The Morgan fingerprint density at radius 3 is 2.14 bits per heavy atom. The fourth-order valence-electron chi connectivity index (χ4n) is 2.55. The van der Waals surface area contributed by atoms with Crippen LogP contribution >= 0.6 is 0 Å². The van der Waals surface area contributed by atoms with Crippen molar-refractivity contribution in [3.63, 3.8) is 0 Å². The van der Waals surface area contributed by atoms with E-state index < -0.39 is 0 Å². The van der Waals surface area contributed by atoms with E-state index in [0.717, 1.165) is 31.7 Å². The van der Waals surface area contributed by atoms with Crippen LogP contribution in [0.2, 0.25) is 0 Å². The maximum atomic E-state index is 9.60. The quantitative estimate of drug-likeness (QED) is 0.879. The summed E-state index contributed by atoms with van der Waals surface area (Å²) >= 11 is 0. The predicted octanol–water partition coefficient (Wildman–Crippen LogP) is 1.18. The first-order valence-electron chi connectivity index (χ1n) is 6.89. The number of rotatable bonds is 5. The minimum absolute atomic E-state index is 0.359. The van der Waals surface area contributed by atoms with Crippen molar-refractivity contribution < 1.29 is 14.2 Å². The first-order chi connectivity index (χ1) is 10.2. The van der Waals surface area contributed by atoms with Gasteiger partial charge in [0, 0.05) is 37.8 Å². The zero-order valence-electron chi connectivity index (χ0n) is 12.7. The van der Waals surface area contributed by atoms with Gasteiger partial charge in [0.1, 0.15) is 11.8 Å². The van der Waals surface area contributed by atoms with E-state index in [-0.39, 0.29) is 6.04 Å². The van der Waals surface area contributed by atoms with Gasteiger partial charge < -0.3 is 19.5 Å². The van der Waals surface area contributed by atoms with Gasteiger partial charge in [-0.15, -0.1) is 0 Å². The lowest BCUT2D eigenvalue weighted by atomic mass is 10.0. The molecule has 1 aliphatic rings. The molecule has 1 saturated heterocycles. The van der Waals surface area contributed by atoms with E-state index in [0.29, 0.717) is 17.2 Å². The van der Waals surface area contributed by atoms with Crippen LogP contribution in [0.15, 0.2) is 12.1 Å². The molecule has 114 valence electrons. The molecule has 21 heavy (non-hydrogen) atoms. The van der Waals surface area contributed by atoms with Crippen molar-refractivity contribution in [2.75, 3.05) is 47.5 Å². The standard InChI is InChI=1S/C15H21N3O3/c1-19-13-9-15(21-3)14(20-2)8-11(13)12(10-16)18-6-4-17-5-7-18/h8-9,12,17H,4-7H2,1-3H3.